The zero-order valence-corrected chi connectivity index (χ0v) is 9.75. The topological polar surface area (TPSA) is 45.8 Å². The molecule has 0 bridgehead atoms. The molecule has 0 fully saturated rings. The first-order valence-corrected chi connectivity index (χ1v) is 5.97. The zero-order valence-electron chi connectivity index (χ0n) is 8.93. The van der Waals surface area contributed by atoms with Crippen molar-refractivity contribution < 1.29 is 4.79 Å². The molecule has 4 heteroatoms. The van der Waals surface area contributed by atoms with E-state index in [2.05, 4.69) is 16.0 Å². The minimum Gasteiger partial charge on any atom is -0.346 e. The summed E-state index contributed by atoms with van der Waals surface area (Å²) in [6.45, 7) is 1.58. The van der Waals surface area contributed by atoms with E-state index in [1.807, 2.05) is 30.6 Å². The number of carbonyl (C=O) groups is 1. The zero-order chi connectivity index (χ0) is 11.4. The number of aromatic nitrogens is 2. The highest BCUT2D eigenvalue weighted by atomic mass is 32.2. The second kappa shape index (κ2) is 4.99. The van der Waals surface area contributed by atoms with Crippen LogP contribution in [-0.2, 0) is 4.79 Å². The number of carbonyl (C=O) groups excluding carboxylic acids is 1. The van der Waals surface area contributed by atoms with Crippen molar-refractivity contribution in [2.45, 2.75) is 6.92 Å². The number of H-pyrrole nitrogens is 1. The third kappa shape index (κ3) is 2.73. The molecule has 0 unspecified atom stereocenters. The van der Waals surface area contributed by atoms with Gasteiger partial charge in [-0.1, -0.05) is 23.9 Å². The van der Waals surface area contributed by atoms with Gasteiger partial charge in [0.15, 0.2) is 5.12 Å². The molecule has 0 saturated heterocycles. The summed E-state index contributed by atoms with van der Waals surface area (Å²) in [5.41, 5.74) is 1.95. The first-order chi connectivity index (χ1) is 7.75. The van der Waals surface area contributed by atoms with Gasteiger partial charge in [-0.05, 0) is 17.7 Å². The maximum Gasteiger partial charge on any atom is 0.186 e. The summed E-state index contributed by atoms with van der Waals surface area (Å²) >= 11 is 1.30. The fraction of sp³-hybridized carbons (Fsp3) is 0.167. The number of nitrogens with one attached hydrogen (secondary N) is 1. The van der Waals surface area contributed by atoms with Crippen LogP contribution in [0.1, 0.15) is 12.5 Å². The summed E-state index contributed by atoms with van der Waals surface area (Å²) < 4.78 is 0. The Kier molecular flexibility index (Phi) is 3.41. The van der Waals surface area contributed by atoms with E-state index in [1.54, 1.807) is 6.92 Å². The predicted octanol–water partition coefficient (Wildman–Crippen LogP) is 2.86. The molecule has 0 spiro atoms. The highest BCUT2D eigenvalue weighted by Gasteiger charge is 1.95. The van der Waals surface area contributed by atoms with Crippen LogP contribution in [0.5, 0.6) is 0 Å². The van der Waals surface area contributed by atoms with E-state index in [0.29, 0.717) is 5.75 Å². The standard InChI is InChI=1S/C12H12N2OS/c1-9(15)16-6-2-3-10-7-11-4-5-13-12(11)14-8-10/h2-5,7-8H,6H2,1H3,(H,13,14). The van der Waals surface area contributed by atoms with Crippen LogP contribution in [0.15, 0.2) is 30.6 Å². The monoisotopic (exact) mass is 232 g/mol. The Bertz CT molecular complexity index is 531. The average molecular weight is 232 g/mol. The van der Waals surface area contributed by atoms with E-state index in [1.165, 1.54) is 11.8 Å². The van der Waals surface area contributed by atoms with Gasteiger partial charge in [0.05, 0.1) is 0 Å². The number of fused-ring (bicyclic) bond motifs is 1. The molecule has 2 rings (SSSR count). The molecule has 16 heavy (non-hydrogen) atoms. The molecule has 0 aliphatic rings. The SMILES string of the molecule is CC(=O)SCC=Cc1cnc2[nH]ccc2c1. The summed E-state index contributed by atoms with van der Waals surface area (Å²) in [6.07, 6.45) is 7.64. The van der Waals surface area contributed by atoms with Crippen LogP contribution in [0, 0.1) is 0 Å². The second-order valence-corrected chi connectivity index (χ2v) is 4.59. The molecular formula is C12H12N2OS. The predicted molar refractivity (Wildman–Crippen MR) is 68.3 cm³/mol. The van der Waals surface area contributed by atoms with Crippen LogP contribution >= 0.6 is 11.8 Å². The molecule has 0 atom stereocenters. The summed E-state index contributed by atoms with van der Waals surface area (Å²) in [5, 5.41) is 1.24. The van der Waals surface area contributed by atoms with E-state index in [-0.39, 0.29) is 5.12 Å². The fourth-order valence-electron chi connectivity index (χ4n) is 1.40. The molecule has 0 amide bonds. The van der Waals surface area contributed by atoms with Gasteiger partial charge in [-0.2, -0.15) is 0 Å². The van der Waals surface area contributed by atoms with E-state index in [4.69, 9.17) is 0 Å². The Hall–Kier alpha value is -1.55. The van der Waals surface area contributed by atoms with Crippen LogP contribution in [-0.4, -0.2) is 20.8 Å². The summed E-state index contributed by atoms with van der Waals surface area (Å²) in [7, 11) is 0. The largest absolute Gasteiger partial charge is 0.346 e. The molecule has 1 N–H and O–H groups in total. The minimum atomic E-state index is 0.142. The third-order valence-corrected chi connectivity index (χ3v) is 2.88. The molecule has 3 nitrogen and oxygen atoms in total. The lowest BCUT2D eigenvalue weighted by Gasteiger charge is -1.93. The fourth-order valence-corrected chi connectivity index (χ4v) is 1.82. The minimum absolute atomic E-state index is 0.142. The number of nitrogens with zero attached hydrogens (tertiary/aromatic N) is 1. The first kappa shape index (κ1) is 11.0. The van der Waals surface area contributed by atoms with Crippen LogP contribution < -0.4 is 0 Å². The van der Waals surface area contributed by atoms with Gasteiger partial charge in [0.1, 0.15) is 5.65 Å². The van der Waals surface area contributed by atoms with E-state index in [9.17, 15) is 4.79 Å². The molecule has 0 aliphatic carbocycles. The lowest BCUT2D eigenvalue weighted by atomic mass is 10.2. The first-order valence-electron chi connectivity index (χ1n) is 4.99. The summed E-state index contributed by atoms with van der Waals surface area (Å²) in [5.74, 6) is 0.709. The van der Waals surface area contributed by atoms with Crippen LogP contribution in [0.2, 0.25) is 0 Å². The lowest BCUT2D eigenvalue weighted by Crippen LogP contribution is -1.82. The van der Waals surface area contributed by atoms with Gasteiger partial charge in [-0.3, -0.25) is 4.79 Å². The molecule has 2 aromatic heterocycles. The molecule has 0 aliphatic heterocycles. The van der Waals surface area contributed by atoms with Gasteiger partial charge in [0.2, 0.25) is 0 Å². The Labute approximate surface area is 98.0 Å². The van der Waals surface area contributed by atoms with Crippen molar-refractivity contribution in [1.82, 2.24) is 9.97 Å². The van der Waals surface area contributed by atoms with Crippen molar-refractivity contribution in [3.63, 3.8) is 0 Å². The number of hydrogen-bond acceptors (Lipinski definition) is 3. The Balaban J connectivity index is 2.06. The molecule has 0 aromatic carbocycles. The lowest BCUT2D eigenvalue weighted by molar-refractivity contribution is -0.109. The number of pyridine rings is 1. The highest BCUT2D eigenvalue weighted by molar-refractivity contribution is 8.13. The molecular weight excluding hydrogens is 220 g/mol. The normalized spacial score (nSPS) is 11.3. The number of rotatable bonds is 3. The average Bonchev–Trinajstić information content (AvgIpc) is 2.71. The molecule has 2 aromatic rings. The van der Waals surface area contributed by atoms with Gasteiger partial charge in [-0.25, -0.2) is 4.98 Å². The van der Waals surface area contributed by atoms with E-state index in [0.717, 1.165) is 16.6 Å². The molecule has 0 saturated carbocycles. The third-order valence-electron chi connectivity index (χ3n) is 2.11. The number of hydrogen-bond donors (Lipinski definition) is 1. The van der Waals surface area contributed by atoms with Crippen molar-refractivity contribution in [3.8, 4) is 0 Å². The van der Waals surface area contributed by atoms with Gasteiger partial charge in [0, 0.05) is 30.5 Å². The van der Waals surface area contributed by atoms with Crippen molar-refractivity contribution in [2.24, 2.45) is 0 Å². The molecule has 2 heterocycles. The van der Waals surface area contributed by atoms with Gasteiger partial charge in [0.25, 0.3) is 0 Å². The smallest absolute Gasteiger partial charge is 0.186 e. The molecule has 0 radical (unpaired) electrons. The quantitative estimate of drug-likeness (QED) is 0.885. The van der Waals surface area contributed by atoms with Crippen molar-refractivity contribution in [2.75, 3.05) is 5.75 Å². The second-order valence-electron chi connectivity index (χ2n) is 3.39. The van der Waals surface area contributed by atoms with Gasteiger partial charge < -0.3 is 4.98 Å². The van der Waals surface area contributed by atoms with E-state index >= 15 is 0 Å². The van der Waals surface area contributed by atoms with Gasteiger partial charge >= 0.3 is 0 Å². The summed E-state index contributed by atoms with van der Waals surface area (Å²) in [4.78, 5) is 18.0. The Morgan fingerprint density at radius 2 is 2.50 bits per heavy atom. The Morgan fingerprint density at radius 3 is 3.31 bits per heavy atom. The van der Waals surface area contributed by atoms with Crippen LogP contribution in [0.4, 0.5) is 0 Å². The maximum absolute atomic E-state index is 10.7. The van der Waals surface area contributed by atoms with Crippen LogP contribution in [0.25, 0.3) is 17.1 Å². The van der Waals surface area contributed by atoms with E-state index < -0.39 is 0 Å². The van der Waals surface area contributed by atoms with Gasteiger partial charge in [-0.15, -0.1) is 0 Å². The maximum atomic E-state index is 10.7. The highest BCUT2D eigenvalue weighted by Crippen LogP contribution is 2.12. The number of aromatic amines is 1. The van der Waals surface area contributed by atoms with Crippen molar-refractivity contribution >= 4 is 34.0 Å². The van der Waals surface area contributed by atoms with Crippen LogP contribution in [0.3, 0.4) is 0 Å². The van der Waals surface area contributed by atoms with Crippen molar-refractivity contribution in [1.29, 1.82) is 0 Å². The Morgan fingerprint density at radius 1 is 1.62 bits per heavy atom. The number of thioether (sulfide) groups is 1. The summed E-state index contributed by atoms with van der Waals surface area (Å²) in [6, 6.07) is 4.05. The molecule has 82 valence electrons. The van der Waals surface area contributed by atoms with Crippen molar-refractivity contribution in [3.05, 3.63) is 36.2 Å².